The van der Waals surface area contributed by atoms with Crippen molar-refractivity contribution in [3.63, 3.8) is 0 Å². The first kappa shape index (κ1) is 22.9. The Morgan fingerprint density at radius 2 is 1.81 bits per heavy atom. The fourth-order valence-corrected chi connectivity index (χ4v) is 5.57. The lowest BCUT2D eigenvalue weighted by atomic mass is 9.95. The Morgan fingerprint density at radius 1 is 1.03 bits per heavy atom. The molecular weight excluding hydrogens is 459 g/mol. The van der Waals surface area contributed by atoms with Gasteiger partial charge in [-0.05, 0) is 73.1 Å². The Kier molecular flexibility index (Phi) is 6.05. The fraction of sp³-hybridized carbons (Fsp3) is 0.393. The molecule has 1 fully saturated rings. The lowest BCUT2D eigenvalue weighted by Crippen LogP contribution is -2.42. The lowest BCUT2D eigenvalue weighted by molar-refractivity contribution is -0.121. The molecule has 1 unspecified atom stereocenters. The average Bonchev–Trinajstić information content (AvgIpc) is 3.55. The highest BCUT2D eigenvalue weighted by Crippen LogP contribution is 2.30. The van der Waals surface area contributed by atoms with Gasteiger partial charge in [0.15, 0.2) is 5.69 Å². The van der Waals surface area contributed by atoms with Crippen LogP contribution < -0.4 is 5.32 Å². The maximum atomic E-state index is 13.3. The number of anilines is 1. The highest BCUT2D eigenvalue weighted by Gasteiger charge is 2.32. The van der Waals surface area contributed by atoms with Crippen LogP contribution in [0.2, 0.25) is 0 Å². The molecule has 36 heavy (non-hydrogen) atoms. The van der Waals surface area contributed by atoms with Gasteiger partial charge < -0.3 is 19.5 Å². The number of aromatic nitrogens is 2. The predicted molar refractivity (Wildman–Crippen MR) is 132 cm³/mol. The van der Waals surface area contributed by atoms with Gasteiger partial charge in [-0.2, -0.15) is 0 Å². The maximum Gasteiger partial charge on any atom is 0.274 e. The molecule has 2 amide bonds. The van der Waals surface area contributed by atoms with Crippen molar-refractivity contribution in [3.8, 4) is 0 Å². The number of likely N-dealkylation sites (tertiary alicyclic amines) is 1. The minimum Gasteiger partial charge on any atom is -0.365 e. The quantitative estimate of drug-likeness (QED) is 0.595. The van der Waals surface area contributed by atoms with Gasteiger partial charge in [-0.15, -0.1) is 0 Å². The molecule has 1 atom stereocenters. The molecule has 1 saturated heterocycles. The van der Waals surface area contributed by atoms with Gasteiger partial charge in [-0.1, -0.05) is 18.2 Å². The summed E-state index contributed by atoms with van der Waals surface area (Å²) in [5.74, 6) is -0.488. The van der Waals surface area contributed by atoms with E-state index < -0.39 is 0 Å². The second-order valence-corrected chi connectivity index (χ2v) is 9.94. The van der Waals surface area contributed by atoms with Gasteiger partial charge in [-0.3, -0.25) is 9.59 Å². The minimum atomic E-state index is -0.282. The van der Waals surface area contributed by atoms with Crippen LogP contribution in [0.3, 0.4) is 0 Å². The Labute approximate surface area is 209 Å². The van der Waals surface area contributed by atoms with Crippen molar-refractivity contribution in [1.29, 1.82) is 0 Å². The zero-order chi connectivity index (χ0) is 24.6. The van der Waals surface area contributed by atoms with E-state index in [9.17, 15) is 14.0 Å². The molecule has 0 spiro atoms. The molecule has 0 saturated carbocycles. The number of hydrogen-bond donors (Lipinski definition) is 1. The van der Waals surface area contributed by atoms with Crippen LogP contribution in [-0.2, 0) is 35.5 Å². The number of carbonyl (C=O) groups excluding carboxylic acids is 2. The number of aryl methyl sites for hydroxylation is 2. The summed E-state index contributed by atoms with van der Waals surface area (Å²) in [5, 5.41) is 3.08. The lowest BCUT2D eigenvalue weighted by Gasteiger charge is -2.31. The van der Waals surface area contributed by atoms with Gasteiger partial charge in [0.25, 0.3) is 5.91 Å². The van der Waals surface area contributed by atoms with E-state index in [1.54, 1.807) is 23.4 Å². The zero-order valence-corrected chi connectivity index (χ0v) is 20.1. The van der Waals surface area contributed by atoms with Crippen molar-refractivity contribution in [2.45, 2.75) is 51.4 Å². The molecule has 6 rings (SSSR count). The average molecular weight is 489 g/mol. The smallest absolute Gasteiger partial charge is 0.274 e. The van der Waals surface area contributed by atoms with Crippen LogP contribution in [0.1, 0.15) is 58.2 Å². The predicted octanol–water partition coefficient (Wildman–Crippen LogP) is 4.27. The van der Waals surface area contributed by atoms with E-state index >= 15 is 0 Å². The van der Waals surface area contributed by atoms with E-state index in [-0.39, 0.29) is 36.3 Å². The normalized spacial score (nSPS) is 19.6. The number of hydrogen-bond acceptors (Lipinski definition) is 4. The molecule has 3 aliphatic rings. The van der Waals surface area contributed by atoms with Crippen LogP contribution >= 0.6 is 0 Å². The van der Waals surface area contributed by atoms with Crippen molar-refractivity contribution in [1.82, 2.24) is 14.5 Å². The highest BCUT2D eigenvalue weighted by atomic mass is 19.1. The summed E-state index contributed by atoms with van der Waals surface area (Å²) in [6.07, 6.45) is 6.10. The van der Waals surface area contributed by atoms with E-state index in [4.69, 9.17) is 4.74 Å². The molecule has 2 aliphatic heterocycles. The summed E-state index contributed by atoms with van der Waals surface area (Å²) < 4.78 is 21.2. The number of nitrogens with zero attached hydrogens (tertiary/aromatic N) is 3. The highest BCUT2D eigenvalue weighted by molar-refractivity contribution is 5.95. The molecule has 1 aliphatic carbocycles. The number of benzene rings is 2. The molecule has 3 aromatic rings. The summed E-state index contributed by atoms with van der Waals surface area (Å²) in [7, 11) is 0. The van der Waals surface area contributed by atoms with Crippen molar-refractivity contribution in [2.24, 2.45) is 5.92 Å². The number of nitrogens with one attached hydrogen (secondary N) is 1. The number of rotatable bonds is 4. The van der Waals surface area contributed by atoms with Crippen molar-refractivity contribution in [3.05, 3.63) is 82.7 Å². The van der Waals surface area contributed by atoms with Gasteiger partial charge in [0, 0.05) is 24.7 Å². The van der Waals surface area contributed by atoms with Crippen LogP contribution in [0.4, 0.5) is 10.1 Å². The Bertz CT molecular complexity index is 1290. The van der Waals surface area contributed by atoms with Crippen molar-refractivity contribution in [2.75, 3.05) is 18.4 Å². The van der Waals surface area contributed by atoms with Gasteiger partial charge in [-0.25, -0.2) is 9.37 Å². The largest absolute Gasteiger partial charge is 0.365 e. The Balaban J connectivity index is 1.05. The summed E-state index contributed by atoms with van der Waals surface area (Å²) >= 11 is 0. The molecule has 2 aromatic carbocycles. The summed E-state index contributed by atoms with van der Waals surface area (Å²) in [5.41, 5.74) is 5.65. The van der Waals surface area contributed by atoms with Gasteiger partial charge in [0.05, 0.1) is 25.2 Å². The van der Waals surface area contributed by atoms with E-state index in [2.05, 4.69) is 22.4 Å². The minimum absolute atomic E-state index is 0.0275. The molecule has 0 bridgehead atoms. The molecule has 3 heterocycles. The van der Waals surface area contributed by atoms with E-state index in [0.29, 0.717) is 38.2 Å². The topological polar surface area (TPSA) is 76.5 Å². The zero-order valence-electron chi connectivity index (χ0n) is 20.1. The van der Waals surface area contributed by atoms with Crippen molar-refractivity contribution < 1.29 is 18.7 Å². The van der Waals surface area contributed by atoms with Crippen LogP contribution in [-0.4, -0.2) is 39.4 Å². The SMILES string of the molecule is O=C(Nc1ccc2c(c1)CCC2)C1CCN(C(=O)c2ncn3c2COC(c2ccc(F)cc2)C3)CC1. The van der Waals surface area contributed by atoms with E-state index in [1.165, 1.54) is 29.7 Å². The number of fused-ring (bicyclic) bond motifs is 2. The van der Waals surface area contributed by atoms with Gasteiger partial charge in [0.2, 0.25) is 5.91 Å². The number of halogens is 1. The summed E-state index contributed by atoms with van der Waals surface area (Å²) in [6, 6.07) is 12.5. The summed E-state index contributed by atoms with van der Waals surface area (Å²) in [4.78, 5) is 32.3. The summed E-state index contributed by atoms with van der Waals surface area (Å²) in [6.45, 7) is 1.83. The molecule has 1 aromatic heterocycles. The van der Waals surface area contributed by atoms with Gasteiger partial charge in [0.1, 0.15) is 11.9 Å². The molecule has 0 radical (unpaired) electrons. The van der Waals surface area contributed by atoms with Crippen LogP contribution in [0, 0.1) is 11.7 Å². The second-order valence-electron chi connectivity index (χ2n) is 9.94. The van der Waals surface area contributed by atoms with E-state index in [0.717, 1.165) is 29.8 Å². The second kappa shape index (κ2) is 9.50. The molecular formula is C28H29FN4O3. The van der Waals surface area contributed by atoms with Gasteiger partial charge >= 0.3 is 0 Å². The van der Waals surface area contributed by atoms with E-state index in [1.807, 2.05) is 10.6 Å². The molecule has 7 nitrogen and oxygen atoms in total. The molecule has 186 valence electrons. The number of imidazole rings is 1. The molecule has 1 N–H and O–H groups in total. The first-order valence-corrected chi connectivity index (χ1v) is 12.7. The number of ether oxygens (including phenoxy) is 1. The number of carbonyl (C=O) groups is 2. The first-order valence-electron chi connectivity index (χ1n) is 12.7. The third kappa shape index (κ3) is 4.41. The third-order valence-corrected chi connectivity index (χ3v) is 7.69. The van der Waals surface area contributed by atoms with Crippen LogP contribution in [0.25, 0.3) is 0 Å². The van der Waals surface area contributed by atoms with Crippen LogP contribution in [0.15, 0.2) is 48.8 Å². The standard InChI is InChI=1S/C28H29FN4O3/c29-22-7-4-19(5-8-22)25-15-33-17-30-26(24(33)16-36-25)28(35)32-12-10-20(11-13-32)27(34)31-23-9-6-18-2-1-3-21(18)14-23/h4-9,14,17,20,25H,1-3,10-13,15-16H2,(H,31,34). The number of amides is 2. The number of piperidine rings is 1. The fourth-order valence-electron chi connectivity index (χ4n) is 5.57. The van der Waals surface area contributed by atoms with Crippen LogP contribution in [0.5, 0.6) is 0 Å². The Hall–Kier alpha value is -3.52. The molecule has 8 heteroatoms. The maximum absolute atomic E-state index is 13.3. The van der Waals surface area contributed by atoms with Crippen molar-refractivity contribution >= 4 is 17.5 Å². The first-order chi connectivity index (χ1) is 17.5. The third-order valence-electron chi connectivity index (χ3n) is 7.69. The monoisotopic (exact) mass is 488 g/mol. The Morgan fingerprint density at radius 3 is 2.61 bits per heavy atom.